The van der Waals surface area contributed by atoms with Gasteiger partial charge in [0.2, 0.25) is 0 Å². The molecule has 0 aliphatic carbocycles. The van der Waals surface area contributed by atoms with Gasteiger partial charge in [0.05, 0.1) is 16.9 Å². The minimum absolute atomic E-state index is 0.161. The Morgan fingerprint density at radius 1 is 1.00 bits per heavy atom. The molecule has 0 spiro atoms. The van der Waals surface area contributed by atoms with E-state index in [1.165, 1.54) is 6.07 Å². The lowest BCUT2D eigenvalue weighted by Gasteiger charge is -2.03. The van der Waals surface area contributed by atoms with Gasteiger partial charge in [-0.1, -0.05) is 42.5 Å². The van der Waals surface area contributed by atoms with E-state index in [1.54, 1.807) is 18.2 Å². The molecule has 3 nitrogen and oxygen atoms in total. The second-order valence-corrected chi connectivity index (χ2v) is 4.91. The summed E-state index contributed by atoms with van der Waals surface area (Å²) in [5, 5.41) is 0.744. The van der Waals surface area contributed by atoms with Gasteiger partial charge in [-0.15, -0.1) is 0 Å². The molecular formula is C16H12FN3S. The quantitative estimate of drug-likeness (QED) is 0.734. The number of rotatable bonds is 2. The molecule has 2 aromatic carbocycles. The average Bonchev–Trinajstić information content (AvgIpc) is 2.64. The summed E-state index contributed by atoms with van der Waals surface area (Å²) in [6.07, 6.45) is 0. The van der Waals surface area contributed by atoms with Gasteiger partial charge >= 0.3 is 0 Å². The summed E-state index contributed by atoms with van der Waals surface area (Å²) >= 11 is 5.24. The number of hydrogen-bond donors (Lipinski definition) is 1. The predicted molar refractivity (Wildman–Crippen MR) is 83.7 cm³/mol. The highest BCUT2D eigenvalue weighted by Crippen LogP contribution is 2.27. The summed E-state index contributed by atoms with van der Waals surface area (Å²) in [5.41, 5.74) is 7.77. The van der Waals surface area contributed by atoms with Crippen LogP contribution in [0.25, 0.3) is 22.2 Å². The zero-order valence-corrected chi connectivity index (χ0v) is 11.9. The third-order valence-corrected chi connectivity index (χ3v) is 3.52. The Balaban J connectivity index is 2.49. The van der Waals surface area contributed by atoms with E-state index in [4.69, 9.17) is 18.0 Å². The molecule has 0 aliphatic heterocycles. The number of nitrogens with zero attached hydrogens (tertiary/aromatic N) is 2. The van der Waals surface area contributed by atoms with Crippen molar-refractivity contribution in [2.75, 3.05) is 0 Å². The minimum atomic E-state index is -0.338. The lowest BCUT2D eigenvalue weighted by atomic mass is 10.1. The SMILES string of the molecule is NCc1nc(-c2ccccc2F)c2ccccc2nc1=S. The van der Waals surface area contributed by atoms with Gasteiger partial charge < -0.3 is 5.73 Å². The Bertz CT molecular complexity index is 880. The molecular weight excluding hydrogens is 285 g/mol. The molecule has 0 atom stereocenters. The van der Waals surface area contributed by atoms with Crippen LogP contribution in [-0.4, -0.2) is 9.97 Å². The zero-order chi connectivity index (χ0) is 14.8. The van der Waals surface area contributed by atoms with Crippen LogP contribution in [0, 0.1) is 10.5 Å². The third-order valence-electron chi connectivity index (χ3n) is 3.20. The van der Waals surface area contributed by atoms with Gasteiger partial charge in [0.1, 0.15) is 10.5 Å². The fraction of sp³-hybridized carbons (Fsp3) is 0.0625. The van der Waals surface area contributed by atoms with Crippen molar-refractivity contribution in [3.8, 4) is 11.3 Å². The van der Waals surface area contributed by atoms with Gasteiger partial charge in [0, 0.05) is 17.5 Å². The first-order valence-corrected chi connectivity index (χ1v) is 6.86. The van der Waals surface area contributed by atoms with Crippen molar-refractivity contribution in [3.63, 3.8) is 0 Å². The predicted octanol–water partition coefficient (Wildman–Crippen LogP) is 3.62. The number of aromatic nitrogens is 2. The van der Waals surface area contributed by atoms with Crippen LogP contribution in [0.2, 0.25) is 0 Å². The molecule has 5 heteroatoms. The van der Waals surface area contributed by atoms with Crippen LogP contribution in [-0.2, 0) is 6.54 Å². The second-order valence-electron chi connectivity index (χ2n) is 4.53. The van der Waals surface area contributed by atoms with Crippen molar-refractivity contribution >= 4 is 23.1 Å². The van der Waals surface area contributed by atoms with Gasteiger partial charge in [-0.05, 0) is 18.2 Å². The van der Waals surface area contributed by atoms with Crippen molar-refractivity contribution in [2.45, 2.75) is 6.54 Å². The summed E-state index contributed by atoms with van der Waals surface area (Å²) in [6.45, 7) is 0.161. The largest absolute Gasteiger partial charge is 0.325 e. The van der Waals surface area contributed by atoms with E-state index >= 15 is 0 Å². The molecule has 0 radical (unpaired) electrons. The molecule has 104 valence electrons. The summed E-state index contributed by atoms with van der Waals surface area (Å²) in [7, 11) is 0. The van der Waals surface area contributed by atoms with E-state index in [9.17, 15) is 4.39 Å². The van der Waals surface area contributed by atoms with E-state index in [-0.39, 0.29) is 12.4 Å². The first-order chi connectivity index (χ1) is 10.2. The first kappa shape index (κ1) is 13.7. The average molecular weight is 297 g/mol. The summed E-state index contributed by atoms with van der Waals surface area (Å²) in [6, 6.07) is 13.9. The maximum Gasteiger partial charge on any atom is 0.149 e. The van der Waals surface area contributed by atoms with E-state index in [0.29, 0.717) is 27.1 Å². The van der Waals surface area contributed by atoms with E-state index in [2.05, 4.69) is 9.97 Å². The summed E-state index contributed by atoms with van der Waals surface area (Å²) in [5.74, 6) is -0.338. The van der Waals surface area contributed by atoms with Crippen LogP contribution in [0.15, 0.2) is 48.5 Å². The van der Waals surface area contributed by atoms with Crippen molar-refractivity contribution in [1.29, 1.82) is 0 Å². The third kappa shape index (κ3) is 2.53. The van der Waals surface area contributed by atoms with Gasteiger partial charge in [0.25, 0.3) is 0 Å². The van der Waals surface area contributed by atoms with Crippen LogP contribution < -0.4 is 5.73 Å². The Labute approximate surface area is 126 Å². The molecule has 1 heterocycles. The van der Waals surface area contributed by atoms with Crippen molar-refractivity contribution in [2.24, 2.45) is 5.73 Å². The topological polar surface area (TPSA) is 51.8 Å². The van der Waals surface area contributed by atoms with E-state index < -0.39 is 0 Å². The van der Waals surface area contributed by atoms with E-state index in [1.807, 2.05) is 24.3 Å². The Hall–Kier alpha value is -2.24. The smallest absolute Gasteiger partial charge is 0.149 e. The molecule has 3 aromatic rings. The van der Waals surface area contributed by atoms with Crippen LogP contribution >= 0.6 is 12.2 Å². The number of nitrogens with two attached hydrogens (primary N) is 1. The molecule has 0 aliphatic rings. The lowest BCUT2D eigenvalue weighted by Crippen LogP contribution is -2.00. The Morgan fingerprint density at radius 3 is 2.48 bits per heavy atom. The van der Waals surface area contributed by atoms with Crippen LogP contribution in [0.3, 0.4) is 0 Å². The molecule has 0 unspecified atom stereocenters. The minimum Gasteiger partial charge on any atom is -0.325 e. The molecule has 2 N–H and O–H groups in total. The fourth-order valence-corrected chi connectivity index (χ4v) is 2.41. The molecule has 0 saturated heterocycles. The summed E-state index contributed by atoms with van der Waals surface area (Å²) < 4.78 is 14.5. The molecule has 3 rings (SSSR count). The molecule has 1 aromatic heterocycles. The summed E-state index contributed by atoms with van der Waals surface area (Å²) in [4.78, 5) is 8.86. The highest BCUT2D eigenvalue weighted by molar-refractivity contribution is 7.71. The number of fused-ring (bicyclic) bond motifs is 1. The molecule has 21 heavy (non-hydrogen) atoms. The molecule has 0 saturated carbocycles. The number of para-hydroxylation sites is 1. The Kier molecular flexibility index (Phi) is 3.68. The number of benzene rings is 2. The molecule has 0 bridgehead atoms. The molecule has 0 amide bonds. The van der Waals surface area contributed by atoms with Crippen LogP contribution in [0.5, 0.6) is 0 Å². The standard InChI is InChI=1S/C16H12FN3S/c17-12-7-3-1-5-10(12)15-11-6-2-4-8-13(11)20-16(21)14(9-18)19-15/h1-8H,9,18H2. The maximum atomic E-state index is 14.1. The van der Waals surface area contributed by atoms with Crippen molar-refractivity contribution in [1.82, 2.24) is 9.97 Å². The highest BCUT2D eigenvalue weighted by atomic mass is 32.1. The van der Waals surface area contributed by atoms with Gasteiger partial charge in [-0.25, -0.2) is 14.4 Å². The van der Waals surface area contributed by atoms with Crippen LogP contribution in [0.1, 0.15) is 5.69 Å². The zero-order valence-electron chi connectivity index (χ0n) is 11.1. The van der Waals surface area contributed by atoms with Crippen LogP contribution in [0.4, 0.5) is 4.39 Å². The van der Waals surface area contributed by atoms with Crippen molar-refractivity contribution in [3.05, 3.63) is 64.7 Å². The lowest BCUT2D eigenvalue weighted by molar-refractivity contribution is 0.631. The van der Waals surface area contributed by atoms with E-state index in [0.717, 1.165) is 5.39 Å². The van der Waals surface area contributed by atoms with Crippen molar-refractivity contribution < 1.29 is 4.39 Å². The van der Waals surface area contributed by atoms with Gasteiger partial charge in [-0.3, -0.25) is 0 Å². The normalized spacial score (nSPS) is 10.8. The monoisotopic (exact) mass is 297 g/mol. The van der Waals surface area contributed by atoms with Gasteiger partial charge in [-0.2, -0.15) is 0 Å². The Morgan fingerprint density at radius 2 is 1.71 bits per heavy atom. The maximum absolute atomic E-state index is 14.1. The fourth-order valence-electron chi connectivity index (χ4n) is 2.18. The number of hydrogen-bond acceptors (Lipinski definition) is 4. The second kappa shape index (κ2) is 5.63. The number of halogens is 1. The first-order valence-electron chi connectivity index (χ1n) is 6.45. The highest BCUT2D eigenvalue weighted by Gasteiger charge is 2.11. The van der Waals surface area contributed by atoms with Gasteiger partial charge in [0.15, 0.2) is 0 Å². The molecule has 0 fully saturated rings.